The molecule has 1 amide bonds. The highest BCUT2D eigenvalue weighted by Gasteiger charge is 2.34. The summed E-state index contributed by atoms with van der Waals surface area (Å²) in [5.41, 5.74) is 1.24. The molecule has 0 bridgehead atoms. The average Bonchev–Trinajstić information content (AvgIpc) is 2.99. The van der Waals surface area contributed by atoms with Crippen LogP contribution in [0.25, 0.3) is 0 Å². The van der Waals surface area contributed by atoms with Crippen molar-refractivity contribution in [3.63, 3.8) is 0 Å². The third kappa shape index (κ3) is 3.35. The van der Waals surface area contributed by atoms with Crippen molar-refractivity contribution >= 4 is 5.91 Å². The van der Waals surface area contributed by atoms with E-state index in [-0.39, 0.29) is 17.9 Å². The van der Waals surface area contributed by atoms with Gasteiger partial charge in [0.05, 0.1) is 11.7 Å². The second-order valence-electron chi connectivity index (χ2n) is 7.36. The van der Waals surface area contributed by atoms with Crippen LogP contribution in [0.4, 0.5) is 0 Å². The van der Waals surface area contributed by atoms with Crippen molar-refractivity contribution in [3.05, 3.63) is 17.7 Å². The zero-order valence-electron chi connectivity index (χ0n) is 15.4. The number of nitrogens with zero attached hydrogens (tertiary/aromatic N) is 4. The summed E-state index contributed by atoms with van der Waals surface area (Å²) < 4.78 is 7.69. The number of aromatic nitrogens is 2. The molecular weight excluding hydrogens is 304 g/mol. The Kier molecular flexibility index (Phi) is 5.25. The number of carbonyl (C=O) groups excluding carboxylic acids is 1. The molecule has 6 heteroatoms. The number of imidazole rings is 1. The largest absolute Gasteiger partial charge is 0.381 e. The first-order valence-electron chi connectivity index (χ1n) is 9.11. The van der Waals surface area contributed by atoms with Crippen molar-refractivity contribution in [2.24, 2.45) is 5.92 Å². The Balaban J connectivity index is 1.72. The molecule has 24 heavy (non-hydrogen) atoms. The van der Waals surface area contributed by atoms with Gasteiger partial charge >= 0.3 is 0 Å². The summed E-state index contributed by atoms with van der Waals surface area (Å²) in [6.07, 6.45) is 3.68. The second-order valence-corrected chi connectivity index (χ2v) is 7.36. The minimum absolute atomic E-state index is 0.0483. The van der Waals surface area contributed by atoms with Crippen LogP contribution in [0, 0.1) is 5.92 Å². The van der Waals surface area contributed by atoms with Gasteiger partial charge in [-0.15, -0.1) is 0 Å². The maximum atomic E-state index is 12.9. The smallest absolute Gasteiger partial charge is 0.226 e. The lowest BCUT2D eigenvalue weighted by Crippen LogP contribution is -2.45. The Hall–Kier alpha value is -1.40. The summed E-state index contributed by atoms with van der Waals surface area (Å²) in [4.78, 5) is 21.9. The van der Waals surface area contributed by atoms with Gasteiger partial charge in [0.15, 0.2) is 0 Å². The fourth-order valence-corrected chi connectivity index (χ4v) is 3.60. The Morgan fingerprint density at radius 1 is 1.38 bits per heavy atom. The van der Waals surface area contributed by atoms with Crippen LogP contribution in [0.5, 0.6) is 0 Å². The summed E-state index contributed by atoms with van der Waals surface area (Å²) in [5.74, 6) is 1.42. The predicted octanol–water partition coefficient (Wildman–Crippen LogP) is 2.05. The van der Waals surface area contributed by atoms with Crippen molar-refractivity contribution < 1.29 is 9.53 Å². The lowest BCUT2D eigenvalue weighted by atomic mass is 9.97. The summed E-state index contributed by atoms with van der Waals surface area (Å²) in [6, 6.07) is 0.552. The minimum Gasteiger partial charge on any atom is -0.381 e. The van der Waals surface area contributed by atoms with Crippen molar-refractivity contribution in [2.45, 2.75) is 58.8 Å². The Bertz CT molecular complexity index is 578. The van der Waals surface area contributed by atoms with E-state index >= 15 is 0 Å². The second kappa shape index (κ2) is 7.23. The lowest BCUT2D eigenvalue weighted by Gasteiger charge is -2.37. The first kappa shape index (κ1) is 17.4. The van der Waals surface area contributed by atoms with Crippen LogP contribution >= 0.6 is 0 Å². The quantitative estimate of drug-likeness (QED) is 0.846. The molecule has 0 aliphatic carbocycles. The van der Waals surface area contributed by atoms with E-state index in [1.54, 1.807) is 0 Å². The van der Waals surface area contributed by atoms with Gasteiger partial charge < -0.3 is 14.2 Å². The summed E-state index contributed by atoms with van der Waals surface area (Å²) in [5, 5.41) is 0. The number of hydrogen-bond acceptors (Lipinski definition) is 4. The van der Waals surface area contributed by atoms with Gasteiger partial charge in [-0.1, -0.05) is 0 Å². The van der Waals surface area contributed by atoms with Crippen LogP contribution in [0.3, 0.4) is 0 Å². The maximum absolute atomic E-state index is 12.9. The van der Waals surface area contributed by atoms with Crippen LogP contribution in [-0.2, 0) is 22.6 Å². The van der Waals surface area contributed by atoms with Crippen LogP contribution in [0.15, 0.2) is 6.20 Å². The van der Waals surface area contributed by atoms with E-state index in [1.165, 1.54) is 5.69 Å². The van der Waals surface area contributed by atoms with Gasteiger partial charge in [-0.2, -0.15) is 0 Å². The fourth-order valence-electron chi connectivity index (χ4n) is 3.60. The average molecular weight is 334 g/mol. The predicted molar refractivity (Wildman–Crippen MR) is 92.5 cm³/mol. The molecule has 0 radical (unpaired) electrons. The van der Waals surface area contributed by atoms with Gasteiger partial charge in [0.2, 0.25) is 5.91 Å². The maximum Gasteiger partial charge on any atom is 0.226 e. The number of ether oxygens (including phenoxy) is 1. The third-order valence-electron chi connectivity index (χ3n) is 5.52. The van der Waals surface area contributed by atoms with Crippen LogP contribution < -0.4 is 0 Å². The van der Waals surface area contributed by atoms with Gasteiger partial charge in [-0.05, 0) is 40.7 Å². The zero-order valence-corrected chi connectivity index (χ0v) is 15.4. The van der Waals surface area contributed by atoms with Crippen molar-refractivity contribution in [1.29, 1.82) is 0 Å². The third-order valence-corrected chi connectivity index (χ3v) is 5.52. The first-order valence-corrected chi connectivity index (χ1v) is 9.11. The highest BCUT2D eigenvalue weighted by molar-refractivity contribution is 5.79. The van der Waals surface area contributed by atoms with Gasteiger partial charge in [-0.25, -0.2) is 4.98 Å². The van der Waals surface area contributed by atoms with Crippen LogP contribution in [0.1, 0.15) is 51.2 Å². The van der Waals surface area contributed by atoms with E-state index < -0.39 is 0 Å². The number of rotatable bonds is 4. The molecule has 1 aromatic rings. The van der Waals surface area contributed by atoms with Crippen molar-refractivity contribution in [2.75, 3.05) is 26.8 Å². The topological polar surface area (TPSA) is 50.6 Å². The summed E-state index contributed by atoms with van der Waals surface area (Å²) >= 11 is 0. The van der Waals surface area contributed by atoms with E-state index in [1.807, 2.05) is 11.1 Å². The van der Waals surface area contributed by atoms with Gasteiger partial charge in [0.25, 0.3) is 0 Å². The molecule has 1 aromatic heterocycles. The molecular formula is C18H30N4O2. The molecule has 1 saturated heterocycles. The molecule has 0 N–H and O–H groups in total. The molecule has 134 valence electrons. The van der Waals surface area contributed by atoms with E-state index in [4.69, 9.17) is 4.74 Å². The molecule has 3 heterocycles. The normalized spacial score (nSPS) is 22.2. The highest BCUT2D eigenvalue weighted by atomic mass is 16.5. The Labute approximate surface area is 144 Å². The monoisotopic (exact) mass is 334 g/mol. The minimum atomic E-state index is 0.0483. The van der Waals surface area contributed by atoms with Gasteiger partial charge in [0.1, 0.15) is 5.82 Å². The van der Waals surface area contributed by atoms with Crippen LogP contribution in [0.2, 0.25) is 0 Å². The molecule has 3 rings (SSSR count). The Morgan fingerprint density at radius 3 is 2.75 bits per heavy atom. The number of carbonyl (C=O) groups is 1. The number of fused-ring (bicyclic) bond motifs is 1. The number of amides is 1. The molecule has 2 aliphatic rings. The SMILES string of the molecule is CC(C)N(C)Cc1cnc2n1CCN(C(=O)C1CCOCC1)C2C. The zero-order chi connectivity index (χ0) is 17.3. The van der Waals surface area contributed by atoms with Gasteiger partial charge in [0, 0.05) is 51.0 Å². The molecule has 6 nitrogen and oxygen atoms in total. The van der Waals surface area contributed by atoms with E-state index in [0.717, 1.165) is 38.3 Å². The number of hydrogen-bond donors (Lipinski definition) is 0. The van der Waals surface area contributed by atoms with Gasteiger partial charge in [-0.3, -0.25) is 9.69 Å². The molecule has 1 fully saturated rings. The molecule has 0 aromatic carbocycles. The molecule has 1 atom stereocenters. The fraction of sp³-hybridized carbons (Fsp3) is 0.778. The molecule has 1 unspecified atom stereocenters. The molecule has 2 aliphatic heterocycles. The Morgan fingerprint density at radius 2 is 2.08 bits per heavy atom. The van der Waals surface area contributed by atoms with E-state index in [2.05, 4.69) is 42.3 Å². The summed E-state index contributed by atoms with van der Waals surface area (Å²) in [7, 11) is 2.14. The van der Waals surface area contributed by atoms with E-state index in [9.17, 15) is 4.79 Å². The molecule has 0 spiro atoms. The van der Waals surface area contributed by atoms with Crippen molar-refractivity contribution in [1.82, 2.24) is 19.4 Å². The standard InChI is InChI=1S/C18H30N4O2/c1-13(2)20(4)12-16-11-19-17-14(3)21(7-8-22(16)17)18(23)15-5-9-24-10-6-15/h11,13-15H,5-10,12H2,1-4H3. The van der Waals surface area contributed by atoms with Crippen LogP contribution in [-0.4, -0.2) is 58.1 Å². The van der Waals surface area contributed by atoms with Crippen molar-refractivity contribution in [3.8, 4) is 0 Å². The molecule has 0 saturated carbocycles. The lowest BCUT2D eigenvalue weighted by molar-refractivity contribution is -0.142. The summed E-state index contributed by atoms with van der Waals surface area (Å²) in [6.45, 7) is 10.4. The van der Waals surface area contributed by atoms with E-state index in [0.29, 0.717) is 19.3 Å². The first-order chi connectivity index (χ1) is 11.5. The highest BCUT2D eigenvalue weighted by Crippen LogP contribution is 2.29.